The fraction of sp³-hybridized carbons (Fsp3) is 0.438. The molecule has 0 saturated heterocycles. The van der Waals surface area contributed by atoms with Gasteiger partial charge in [-0.1, -0.05) is 19.1 Å². The van der Waals surface area contributed by atoms with E-state index in [0.29, 0.717) is 23.7 Å². The van der Waals surface area contributed by atoms with E-state index in [0.717, 1.165) is 19.0 Å². The van der Waals surface area contributed by atoms with Crippen LogP contribution in [0, 0.1) is 5.82 Å². The number of carboxylic acid groups (broad SMARTS) is 1. The van der Waals surface area contributed by atoms with Crippen molar-refractivity contribution in [2.45, 2.75) is 38.8 Å². The molecule has 2 rings (SSSR count). The summed E-state index contributed by atoms with van der Waals surface area (Å²) in [5.41, 5.74) is 1.25. The highest BCUT2D eigenvalue weighted by atomic mass is 19.1. The van der Waals surface area contributed by atoms with Crippen molar-refractivity contribution in [3.05, 3.63) is 41.2 Å². The standard InChI is InChI=1S/C16H20FNO2/c1-2-9-18(14-6-7-14)11-13-5-3-12(10-15(13)17)4-8-16(19)20/h3-5,8,10,14H,2,6-7,9,11H2,1H3,(H,19,20). The van der Waals surface area contributed by atoms with Gasteiger partial charge in [-0.2, -0.15) is 0 Å². The summed E-state index contributed by atoms with van der Waals surface area (Å²) in [6.45, 7) is 3.75. The van der Waals surface area contributed by atoms with Crippen molar-refractivity contribution in [2.75, 3.05) is 6.54 Å². The van der Waals surface area contributed by atoms with Crippen LogP contribution in [0.1, 0.15) is 37.3 Å². The lowest BCUT2D eigenvalue weighted by Gasteiger charge is -2.21. The third kappa shape index (κ3) is 4.17. The van der Waals surface area contributed by atoms with Crippen molar-refractivity contribution in [1.82, 2.24) is 4.90 Å². The fourth-order valence-electron chi connectivity index (χ4n) is 2.30. The first-order valence-electron chi connectivity index (χ1n) is 7.03. The second-order valence-corrected chi connectivity index (χ2v) is 5.22. The quantitative estimate of drug-likeness (QED) is 0.777. The molecule has 0 aromatic heterocycles. The van der Waals surface area contributed by atoms with E-state index in [-0.39, 0.29) is 5.82 Å². The van der Waals surface area contributed by atoms with E-state index in [9.17, 15) is 9.18 Å². The number of rotatable bonds is 7. The number of halogens is 1. The third-order valence-corrected chi connectivity index (χ3v) is 3.44. The molecule has 1 aliphatic rings. The Labute approximate surface area is 118 Å². The maximum absolute atomic E-state index is 14.1. The van der Waals surface area contributed by atoms with E-state index >= 15 is 0 Å². The predicted molar refractivity (Wildman–Crippen MR) is 76.8 cm³/mol. The van der Waals surface area contributed by atoms with Gasteiger partial charge in [-0.25, -0.2) is 9.18 Å². The van der Waals surface area contributed by atoms with Crippen molar-refractivity contribution in [2.24, 2.45) is 0 Å². The number of carbonyl (C=O) groups is 1. The van der Waals surface area contributed by atoms with Crippen LogP contribution < -0.4 is 0 Å². The van der Waals surface area contributed by atoms with Gasteiger partial charge in [0.05, 0.1) is 0 Å². The van der Waals surface area contributed by atoms with E-state index < -0.39 is 5.97 Å². The summed E-state index contributed by atoms with van der Waals surface area (Å²) < 4.78 is 14.1. The number of nitrogens with zero attached hydrogens (tertiary/aromatic N) is 1. The van der Waals surface area contributed by atoms with Crippen LogP contribution in [0.25, 0.3) is 6.08 Å². The van der Waals surface area contributed by atoms with E-state index in [1.807, 2.05) is 0 Å². The smallest absolute Gasteiger partial charge is 0.328 e. The zero-order valence-electron chi connectivity index (χ0n) is 11.7. The zero-order chi connectivity index (χ0) is 14.5. The van der Waals surface area contributed by atoms with Crippen molar-refractivity contribution in [3.63, 3.8) is 0 Å². The van der Waals surface area contributed by atoms with Crippen LogP contribution in [-0.4, -0.2) is 28.6 Å². The molecule has 1 aromatic carbocycles. The largest absolute Gasteiger partial charge is 0.478 e. The van der Waals surface area contributed by atoms with Gasteiger partial charge in [0.15, 0.2) is 0 Å². The van der Waals surface area contributed by atoms with Crippen LogP contribution in [0.3, 0.4) is 0 Å². The Kier molecular flexibility index (Phi) is 4.90. The second kappa shape index (κ2) is 6.66. The van der Waals surface area contributed by atoms with Crippen LogP contribution in [0.15, 0.2) is 24.3 Å². The second-order valence-electron chi connectivity index (χ2n) is 5.22. The van der Waals surface area contributed by atoms with Gasteiger partial charge < -0.3 is 5.11 Å². The average Bonchev–Trinajstić information content (AvgIpc) is 3.22. The van der Waals surface area contributed by atoms with E-state index in [1.54, 1.807) is 12.1 Å². The molecule has 1 aliphatic carbocycles. The number of carboxylic acids is 1. The highest BCUT2D eigenvalue weighted by Crippen LogP contribution is 2.29. The minimum Gasteiger partial charge on any atom is -0.478 e. The number of hydrogen-bond acceptors (Lipinski definition) is 2. The van der Waals surface area contributed by atoms with Gasteiger partial charge >= 0.3 is 5.97 Å². The summed E-state index contributed by atoms with van der Waals surface area (Å²) in [6, 6.07) is 5.52. The summed E-state index contributed by atoms with van der Waals surface area (Å²) in [4.78, 5) is 12.8. The monoisotopic (exact) mass is 277 g/mol. The molecular formula is C16H20FNO2. The summed E-state index contributed by atoms with van der Waals surface area (Å²) >= 11 is 0. The van der Waals surface area contributed by atoms with Crippen LogP contribution in [0.4, 0.5) is 4.39 Å². The van der Waals surface area contributed by atoms with Crippen LogP contribution >= 0.6 is 0 Å². The van der Waals surface area contributed by atoms with Gasteiger partial charge in [0.2, 0.25) is 0 Å². The molecule has 0 amide bonds. The SMILES string of the molecule is CCCN(Cc1ccc(C=CC(=O)O)cc1F)C1CC1. The Hall–Kier alpha value is -1.68. The van der Waals surface area contributed by atoms with Crippen molar-refractivity contribution in [3.8, 4) is 0 Å². The molecule has 3 nitrogen and oxygen atoms in total. The first-order valence-corrected chi connectivity index (χ1v) is 7.03. The average molecular weight is 277 g/mol. The predicted octanol–water partition coefficient (Wildman–Crippen LogP) is 3.30. The molecule has 0 heterocycles. The van der Waals surface area contributed by atoms with Crippen LogP contribution in [0.5, 0.6) is 0 Å². The Morgan fingerprint density at radius 3 is 2.80 bits per heavy atom. The molecule has 1 fully saturated rings. The maximum atomic E-state index is 14.1. The molecule has 0 spiro atoms. The Bertz CT molecular complexity index is 509. The van der Waals surface area contributed by atoms with Crippen molar-refractivity contribution >= 4 is 12.0 Å². The maximum Gasteiger partial charge on any atom is 0.328 e. The molecule has 0 unspecified atom stereocenters. The molecular weight excluding hydrogens is 257 g/mol. The number of hydrogen-bond donors (Lipinski definition) is 1. The summed E-state index contributed by atoms with van der Waals surface area (Å²) in [7, 11) is 0. The lowest BCUT2D eigenvalue weighted by Crippen LogP contribution is -2.26. The minimum atomic E-state index is -1.03. The van der Waals surface area contributed by atoms with Crippen LogP contribution in [0.2, 0.25) is 0 Å². The molecule has 1 saturated carbocycles. The highest BCUT2D eigenvalue weighted by Gasteiger charge is 2.28. The van der Waals surface area contributed by atoms with Gasteiger partial charge in [-0.05, 0) is 43.5 Å². The van der Waals surface area contributed by atoms with Gasteiger partial charge in [-0.15, -0.1) is 0 Å². The summed E-state index contributed by atoms with van der Waals surface area (Å²) in [5.74, 6) is -1.29. The molecule has 0 aliphatic heterocycles. The molecule has 4 heteroatoms. The lowest BCUT2D eigenvalue weighted by atomic mass is 10.1. The van der Waals surface area contributed by atoms with Gasteiger partial charge in [-0.3, -0.25) is 4.90 Å². The molecule has 20 heavy (non-hydrogen) atoms. The van der Waals surface area contributed by atoms with E-state index in [2.05, 4.69) is 11.8 Å². The summed E-state index contributed by atoms with van der Waals surface area (Å²) in [6.07, 6.45) is 5.90. The number of benzene rings is 1. The van der Waals surface area contributed by atoms with Crippen molar-refractivity contribution in [1.29, 1.82) is 0 Å². The zero-order valence-corrected chi connectivity index (χ0v) is 11.7. The number of aliphatic carboxylic acids is 1. The first-order chi connectivity index (χ1) is 9.60. The Morgan fingerprint density at radius 2 is 2.25 bits per heavy atom. The highest BCUT2D eigenvalue weighted by molar-refractivity contribution is 5.85. The summed E-state index contributed by atoms with van der Waals surface area (Å²) in [5, 5.41) is 8.56. The van der Waals surface area contributed by atoms with Crippen molar-refractivity contribution < 1.29 is 14.3 Å². The molecule has 0 bridgehead atoms. The molecule has 0 atom stereocenters. The topological polar surface area (TPSA) is 40.5 Å². The Morgan fingerprint density at radius 1 is 1.50 bits per heavy atom. The van der Waals surface area contributed by atoms with Gasteiger partial charge in [0, 0.05) is 24.2 Å². The molecule has 108 valence electrons. The first kappa shape index (κ1) is 14.7. The third-order valence-electron chi connectivity index (χ3n) is 3.44. The Balaban J connectivity index is 2.06. The van der Waals surface area contributed by atoms with E-state index in [1.165, 1.54) is 25.0 Å². The van der Waals surface area contributed by atoms with Crippen LogP contribution in [-0.2, 0) is 11.3 Å². The fourth-order valence-corrected chi connectivity index (χ4v) is 2.30. The lowest BCUT2D eigenvalue weighted by molar-refractivity contribution is -0.131. The van der Waals surface area contributed by atoms with Gasteiger partial charge in [0.25, 0.3) is 0 Å². The van der Waals surface area contributed by atoms with Gasteiger partial charge in [0.1, 0.15) is 5.82 Å². The normalized spacial score (nSPS) is 15.2. The minimum absolute atomic E-state index is 0.265. The van der Waals surface area contributed by atoms with E-state index in [4.69, 9.17) is 5.11 Å². The molecule has 1 N–H and O–H groups in total. The molecule has 0 radical (unpaired) electrons. The molecule has 1 aromatic rings.